The Labute approximate surface area is 128 Å². The second kappa shape index (κ2) is 5.35. The van der Waals surface area contributed by atoms with Gasteiger partial charge in [0.15, 0.2) is 11.3 Å². The number of aromatic nitrogens is 3. The number of aliphatic hydroxyl groups is 1. The molecule has 3 atom stereocenters. The average molecular weight is 328 g/mol. The lowest BCUT2D eigenvalue weighted by molar-refractivity contribution is -0.159. The Bertz CT molecular complexity index is 618. The van der Waals surface area contributed by atoms with Gasteiger partial charge in [-0.15, -0.1) is 11.8 Å². The first kappa shape index (κ1) is 14.4. The van der Waals surface area contributed by atoms with E-state index in [1.54, 1.807) is 0 Å². The minimum Gasteiger partial charge on any atom is -0.477 e. The molecular formula is C11H12N4O4S2. The van der Waals surface area contributed by atoms with E-state index in [0.717, 1.165) is 0 Å². The normalized spacial score (nSPS) is 26.4. The van der Waals surface area contributed by atoms with Crippen molar-refractivity contribution in [1.29, 1.82) is 0 Å². The first-order valence-corrected chi connectivity index (χ1v) is 8.04. The number of amides is 1. The molecule has 1 aromatic heterocycles. The van der Waals surface area contributed by atoms with Crippen LogP contribution in [0.4, 0.5) is 0 Å². The van der Waals surface area contributed by atoms with E-state index in [1.807, 2.05) is 6.92 Å². The summed E-state index contributed by atoms with van der Waals surface area (Å²) in [6, 6.07) is 0. The van der Waals surface area contributed by atoms with Gasteiger partial charge in [0.05, 0.1) is 0 Å². The van der Waals surface area contributed by atoms with Gasteiger partial charge in [-0.25, -0.2) is 9.78 Å². The minimum atomic E-state index is -1.15. The highest BCUT2D eigenvalue weighted by molar-refractivity contribution is 8.01. The molecule has 1 aromatic rings. The Morgan fingerprint density at radius 3 is 3.05 bits per heavy atom. The molecule has 10 heteroatoms. The van der Waals surface area contributed by atoms with E-state index in [-0.39, 0.29) is 10.9 Å². The number of hydrogen-bond donors (Lipinski definition) is 3. The van der Waals surface area contributed by atoms with Crippen molar-refractivity contribution < 1.29 is 19.8 Å². The van der Waals surface area contributed by atoms with Crippen molar-refractivity contribution in [1.82, 2.24) is 20.1 Å². The number of rotatable bonds is 4. The number of aromatic amines is 1. The molecule has 1 fully saturated rings. The Morgan fingerprint density at radius 2 is 2.43 bits per heavy atom. The van der Waals surface area contributed by atoms with Crippen LogP contribution in [0.1, 0.15) is 6.92 Å². The second-order valence-electron chi connectivity index (χ2n) is 4.58. The fourth-order valence-electron chi connectivity index (χ4n) is 2.29. The molecule has 0 saturated carbocycles. The highest BCUT2D eigenvalue weighted by Gasteiger charge is 2.53. The van der Waals surface area contributed by atoms with Gasteiger partial charge in [-0.3, -0.25) is 14.8 Å². The average Bonchev–Trinajstić information content (AvgIpc) is 2.97. The van der Waals surface area contributed by atoms with Gasteiger partial charge in [-0.2, -0.15) is 5.10 Å². The summed E-state index contributed by atoms with van der Waals surface area (Å²) in [5, 5.41) is 25.4. The number of nitrogens with zero attached hydrogens (tertiary/aromatic N) is 3. The number of fused-ring (bicyclic) bond motifs is 1. The van der Waals surface area contributed by atoms with Crippen molar-refractivity contribution in [3.05, 3.63) is 17.6 Å². The van der Waals surface area contributed by atoms with Crippen LogP contribution in [-0.2, 0) is 9.59 Å². The van der Waals surface area contributed by atoms with Crippen LogP contribution in [0.25, 0.3) is 0 Å². The number of carbonyl (C=O) groups is 2. The van der Waals surface area contributed by atoms with Crippen molar-refractivity contribution in [2.45, 2.75) is 28.8 Å². The molecule has 3 heterocycles. The lowest BCUT2D eigenvalue weighted by Gasteiger charge is -2.47. The largest absolute Gasteiger partial charge is 0.477 e. The molecular weight excluding hydrogens is 316 g/mol. The van der Waals surface area contributed by atoms with Crippen molar-refractivity contribution in [3.63, 3.8) is 0 Å². The van der Waals surface area contributed by atoms with Gasteiger partial charge in [0.2, 0.25) is 0 Å². The van der Waals surface area contributed by atoms with Gasteiger partial charge < -0.3 is 10.2 Å². The molecule has 112 valence electrons. The van der Waals surface area contributed by atoms with Crippen LogP contribution in [0.2, 0.25) is 0 Å². The van der Waals surface area contributed by atoms with Crippen LogP contribution in [0.15, 0.2) is 22.8 Å². The van der Waals surface area contributed by atoms with Gasteiger partial charge in [0, 0.05) is 11.0 Å². The zero-order valence-corrected chi connectivity index (χ0v) is 12.5. The van der Waals surface area contributed by atoms with Gasteiger partial charge in [0.25, 0.3) is 5.91 Å². The fraction of sp³-hybridized carbons (Fsp3) is 0.455. The maximum atomic E-state index is 11.7. The summed E-state index contributed by atoms with van der Waals surface area (Å²) in [5.41, 5.74) is 0.624. The smallest absolute Gasteiger partial charge is 0.352 e. The number of H-pyrrole nitrogens is 1. The van der Waals surface area contributed by atoms with Crippen molar-refractivity contribution in [3.8, 4) is 0 Å². The molecule has 0 aromatic carbocycles. The van der Waals surface area contributed by atoms with Crippen LogP contribution in [0, 0.1) is 0 Å². The summed E-state index contributed by atoms with van der Waals surface area (Å²) in [6.45, 7) is 1.85. The van der Waals surface area contributed by atoms with E-state index >= 15 is 0 Å². The molecule has 21 heavy (non-hydrogen) atoms. The molecule has 2 aliphatic rings. The molecule has 0 radical (unpaired) electrons. The molecule has 0 aliphatic carbocycles. The standard InChI is InChI=1S/C11H12N4O4S2/c1-4(21-11-12-3-13-14-11)5-2-20-9-7(16)8(17)15(9)6(5)10(18)19/h3-4,7,9,16H,2H2,1H3,(H,18,19)(H,12,13,14)/t4?,7-,9+/m1/s1. The van der Waals surface area contributed by atoms with Crippen LogP contribution < -0.4 is 0 Å². The second-order valence-corrected chi connectivity index (χ2v) is 7.02. The quantitative estimate of drug-likeness (QED) is 0.518. The summed E-state index contributed by atoms with van der Waals surface area (Å²) in [7, 11) is 0. The lowest BCUT2D eigenvalue weighted by atomic mass is 10.0. The van der Waals surface area contributed by atoms with Gasteiger partial charge in [0.1, 0.15) is 17.4 Å². The summed E-state index contributed by atoms with van der Waals surface area (Å²) in [5.74, 6) is -1.25. The molecule has 1 unspecified atom stereocenters. The summed E-state index contributed by atoms with van der Waals surface area (Å²) < 4.78 is 0. The molecule has 3 rings (SSSR count). The third-order valence-corrected chi connectivity index (χ3v) is 5.69. The summed E-state index contributed by atoms with van der Waals surface area (Å²) in [4.78, 5) is 28.4. The van der Waals surface area contributed by atoms with Gasteiger partial charge in [-0.05, 0) is 12.5 Å². The van der Waals surface area contributed by atoms with Crippen LogP contribution >= 0.6 is 23.5 Å². The number of hydrogen-bond acceptors (Lipinski definition) is 7. The van der Waals surface area contributed by atoms with E-state index in [9.17, 15) is 19.8 Å². The van der Waals surface area contributed by atoms with Crippen molar-refractivity contribution in [2.75, 3.05) is 5.75 Å². The Balaban J connectivity index is 1.90. The Hall–Kier alpha value is -1.52. The molecule has 8 nitrogen and oxygen atoms in total. The zero-order chi connectivity index (χ0) is 15.1. The fourth-order valence-corrected chi connectivity index (χ4v) is 4.68. The number of nitrogens with one attached hydrogen (secondary N) is 1. The first-order chi connectivity index (χ1) is 10.0. The molecule has 3 N–H and O–H groups in total. The highest BCUT2D eigenvalue weighted by atomic mass is 32.2. The van der Waals surface area contributed by atoms with Crippen LogP contribution in [-0.4, -0.2) is 64.7 Å². The molecule has 0 bridgehead atoms. The van der Waals surface area contributed by atoms with E-state index in [4.69, 9.17) is 0 Å². The van der Waals surface area contributed by atoms with E-state index < -0.39 is 23.4 Å². The predicted octanol–water partition coefficient (Wildman–Crippen LogP) is -0.100. The van der Waals surface area contributed by atoms with E-state index in [1.165, 1.54) is 34.8 Å². The summed E-state index contributed by atoms with van der Waals surface area (Å²) in [6.07, 6.45) is 0.269. The number of carboxylic acids is 1. The minimum absolute atomic E-state index is 0.0198. The topological polar surface area (TPSA) is 119 Å². The predicted molar refractivity (Wildman–Crippen MR) is 75.5 cm³/mol. The number of thioether (sulfide) groups is 2. The number of β-lactam (4-membered cyclic amide) rings is 1. The number of aliphatic carboxylic acids is 1. The van der Waals surface area contributed by atoms with Crippen LogP contribution in [0.5, 0.6) is 0 Å². The van der Waals surface area contributed by atoms with Crippen molar-refractivity contribution in [2.24, 2.45) is 0 Å². The van der Waals surface area contributed by atoms with Crippen LogP contribution in [0.3, 0.4) is 0 Å². The number of aliphatic hydroxyl groups excluding tert-OH is 1. The number of carbonyl (C=O) groups excluding carboxylic acids is 1. The maximum absolute atomic E-state index is 11.7. The maximum Gasteiger partial charge on any atom is 0.352 e. The first-order valence-electron chi connectivity index (χ1n) is 6.11. The third kappa shape index (κ3) is 2.32. The third-order valence-electron chi connectivity index (χ3n) is 3.34. The van der Waals surface area contributed by atoms with Gasteiger partial charge >= 0.3 is 5.97 Å². The molecule has 1 amide bonds. The Morgan fingerprint density at radius 1 is 1.67 bits per heavy atom. The number of carboxylic acid groups (broad SMARTS) is 1. The van der Waals surface area contributed by atoms with E-state index in [2.05, 4.69) is 15.2 Å². The molecule has 2 aliphatic heterocycles. The summed E-state index contributed by atoms with van der Waals surface area (Å²) >= 11 is 2.71. The Kier molecular flexibility index (Phi) is 3.68. The highest BCUT2D eigenvalue weighted by Crippen LogP contribution is 2.43. The monoisotopic (exact) mass is 328 g/mol. The molecule has 0 spiro atoms. The zero-order valence-electron chi connectivity index (χ0n) is 10.9. The van der Waals surface area contributed by atoms with Crippen molar-refractivity contribution >= 4 is 35.4 Å². The molecule has 1 saturated heterocycles. The van der Waals surface area contributed by atoms with Gasteiger partial charge in [-0.1, -0.05) is 11.8 Å². The lowest BCUT2D eigenvalue weighted by Crippen LogP contribution is -2.65. The van der Waals surface area contributed by atoms with E-state index in [0.29, 0.717) is 16.5 Å². The SMILES string of the molecule is CC(Sc1ncn[nH]1)C1=C(C(=O)O)N2C(=O)[C@@H](O)[C@@H]2SC1.